The van der Waals surface area contributed by atoms with Crippen molar-refractivity contribution in [1.29, 1.82) is 0 Å². The average Bonchev–Trinajstić information content (AvgIpc) is 2.97. The van der Waals surface area contributed by atoms with E-state index in [1.807, 2.05) is 12.1 Å². The lowest BCUT2D eigenvalue weighted by Gasteiger charge is -2.31. The number of nitrogens with one attached hydrogen (secondary N) is 2. The lowest BCUT2D eigenvalue weighted by atomic mass is 9.98. The Labute approximate surface area is 233 Å². The zero-order valence-electron chi connectivity index (χ0n) is 22.4. The molecule has 40 heavy (non-hydrogen) atoms. The molecule has 1 aliphatic heterocycles. The van der Waals surface area contributed by atoms with Gasteiger partial charge < -0.3 is 20.1 Å². The lowest BCUT2D eigenvalue weighted by Crippen LogP contribution is -2.43. The Morgan fingerprint density at radius 3 is 2.45 bits per heavy atom. The zero-order chi connectivity index (χ0) is 28.7. The van der Waals surface area contributed by atoms with Gasteiger partial charge >= 0.3 is 0 Å². The molecule has 0 radical (unpaired) electrons. The summed E-state index contributed by atoms with van der Waals surface area (Å²) in [6, 6.07) is 16.8. The number of sulfonamides is 1. The van der Waals surface area contributed by atoms with Gasteiger partial charge in [0.15, 0.2) is 11.5 Å². The van der Waals surface area contributed by atoms with E-state index in [2.05, 4.69) is 10.6 Å². The number of hydrogen-bond donors (Lipinski definition) is 2. The first-order valence-electron chi connectivity index (χ1n) is 12.9. The molecular formula is C29H32FN3O6S. The maximum Gasteiger partial charge on any atom is 0.253 e. The van der Waals surface area contributed by atoms with E-state index in [0.29, 0.717) is 48.6 Å². The molecule has 2 N–H and O–H groups in total. The number of halogens is 1. The minimum absolute atomic E-state index is 0.00870. The predicted octanol–water partition coefficient (Wildman–Crippen LogP) is 3.85. The van der Waals surface area contributed by atoms with Gasteiger partial charge in [0.25, 0.3) is 5.91 Å². The number of nitrogens with zero attached hydrogens (tertiary/aromatic N) is 1. The molecule has 1 saturated heterocycles. The fourth-order valence-electron chi connectivity index (χ4n) is 4.61. The van der Waals surface area contributed by atoms with Crippen molar-refractivity contribution in [2.24, 2.45) is 5.92 Å². The van der Waals surface area contributed by atoms with E-state index >= 15 is 0 Å². The highest BCUT2D eigenvalue weighted by molar-refractivity contribution is 7.89. The molecule has 0 bridgehead atoms. The Morgan fingerprint density at radius 1 is 1.00 bits per heavy atom. The molecule has 0 aliphatic carbocycles. The number of ether oxygens (including phenoxy) is 2. The van der Waals surface area contributed by atoms with Crippen LogP contribution >= 0.6 is 0 Å². The number of piperidine rings is 1. The second-order valence-corrected chi connectivity index (χ2v) is 11.3. The molecule has 0 aromatic heterocycles. The first-order chi connectivity index (χ1) is 19.2. The van der Waals surface area contributed by atoms with Crippen molar-refractivity contribution in [2.75, 3.05) is 39.2 Å². The summed E-state index contributed by atoms with van der Waals surface area (Å²) < 4.78 is 51.2. The van der Waals surface area contributed by atoms with Gasteiger partial charge in [-0.05, 0) is 73.4 Å². The largest absolute Gasteiger partial charge is 0.493 e. The van der Waals surface area contributed by atoms with Gasteiger partial charge in [-0.25, -0.2) is 12.8 Å². The van der Waals surface area contributed by atoms with Gasteiger partial charge in [0, 0.05) is 19.6 Å². The standard InChI is InChI=1S/C29H32FN3O6S/c1-38-26-14-9-20(18-27(26)39-2)15-16-31-29(35)24-7-3-4-8-25(24)32-28(34)21-6-5-17-33(19-21)40(36,37)23-12-10-22(30)11-13-23/h3-4,7-14,18,21H,5-6,15-17,19H2,1-2H3,(H,31,35)(H,32,34). The Kier molecular flexibility index (Phi) is 9.38. The van der Waals surface area contributed by atoms with Gasteiger partial charge in [0.1, 0.15) is 5.82 Å². The summed E-state index contributed by atoms with van der Waals surface area (Å²) in [6.45, 7) is 0.614. The first-order valence-corrected chi connectivity index (χ1v) is 14.3. The second-order valence-electron chi connectivity index (χ2n) is 9.39. The topological polar surface area (TPSA) is 114 Å². The van der Waals surface area contributed by atoms with Gasteiger partial charge in [-0.1, -0.05) is 18.2 Å². The molecule has 0 spiro atoms. The van der Waals surface area contributed by atoms with Crippen molar-refractivity contribution in [1.82, 2.24) is 9.62 Å². The van der Waals surface area contributed by atoms with Gasteiger partial charge in [-0.3, -0.25) is 9.59 Å². The first kappa shape index (κ1) is 29.0. The summed E-state index contributed by atoms with van der Waals surface area (Å²) in [5, 5.41) is 5.69. The van der Waals surface area contributed by atoms with Crippen molar-refractivity contribution in [2.45, 2.75) is 24.2 Å². The number of rotatable bonds is 10. The molecule has 1 unspecified atom stereocenters. The van der Waals surface area contributed by atoms with E-state index in [1.54, 1.807) is 44.6 Å². The number of para-hydroxylation sites is 1. The lowest BCUT2D eigenvalue weighted by molar-refractivity contribution is -0.120. The highest BCUT2D eigenvalue weighted by Crippen LogP contribution is 2.28. The van der Waals surface area contributed by atoms with Crippen molar-refractivity contribution < 1.29 is 31.9 Å². The molecule has 1 atom stereocenters. The van der Waals surface area contributed by atoms with Crippen LogP contribution in [0.25, 0.3) is 0 Å². The molecule has 2 amide bonds. The fraction of sp³-hybridized carbons (Fsp3) is 0.310. The Hall–Kier alpha value is -3.96. The predicted molar refractivity (Wildman–Crippen MR) is 149 cm³/mol. The highest BCUT2D eigenvalue weighted by atomic mass is 32.2. The minimum Gasteiger partial charge on any atom is -0.493 e. The molecule has 1 aliphatic rings. The number of carbonyl (C=O) groups is 2. The average molecular weight is 570 g/mol. The Morgan fingerprint density at radius 2 is 1.73 bits per heavy atom. The van der Waals surface area contributed by atoms with Gasteiger partial charge in [-0.15, -0.1) is 0 Å². The van der Waals surface area contributed by atoms with Crippen LogP contribution in [-0.2, 0) is 21.2 Å². The van der Waals surface area contributed by atoms with Gasteiger partial charge in [-0.2, -0.15) is 4.31 Å². The van der Waals surface area contributed by atoms with Crippen LogP contribution in [0, 0.1) is 11.7 Å². The van der Waals surface area contributed by atoms with Gasteiger partial charge in [0.05, 0.1) is 36.3 Å². The normalized spacial score (nSPS) is 15.7. The molecular weight excluding hydrogens is 537 g/mol. The molecule has 3 aromatic carbocycles. The maximum absolute atomic E-state index is 13.3. The van der Waals surface area contributed by atoms with E-state index in [4.69, 9.17) is 9.47 Å². The molecule has 4 rings (SSSR count). The van der Waals surface area contributed by atoms with Crippen LogP contribution < -0.4 is 20.1 Å². The van der Waals surface area contributed by atoms with Gasteiger partial charge in [0.2, 0.25) is 15.9 Å². The molecule has 9 nitrogen and oxygen atoms in total. The van der Waals surface area contributed by atoms with E-state index in [-0.39, 0.29) is 29.8 Å². The van der Waals surface area contributed by atoms with E-state index in [9.17, 15) is 22.4 Å². The van der Waals surface area contributed by atoms with Crippen molar-refractivity contribution >= 4 is 27.5 Å². The SMILES string of the molecule is COc1ccc(CCNC(=O)c2ccccc2NC(=O)C2CCCN(S(=O)(=O)c3ccc(F)cc3)C2)cc1OC. The van der Waals surface area contributed by atoms with Crippen LogP contribution in [0.15, 0.2) is 71.6 Å². The summed E-state index contributed by atoms with van der Waals surface area (Å²) in [6.07, 6.45) is 1.55. The van der Waals surface area contributed by atoms with Crippen molar-refractivity contribution in [3.8, 4) is 11.5 Å². The number of amides is 2. The van der Waals surface area contributed by atoms with Crippen LogP contribution in [0.5, 0.6) is 11.5 Å². The van der Waals surface area contributed by atoms with Crippen molar-refractivity contribution in [3.63, 3.8) is 0 Å². The summed E-state index contributed by atoms with van der Waals surface area (Å²) in [5.74, 6) is -0.631. The number of hydrogen-bond acceptors (Lipinski definition) is 6. The van der Waals surface area contributed by atoms with Crippen LogP contribution in [0.2, 0.25) is 0 Å². The summed E-state index contributed by atoms with van der Waals surface area (Å²) in [4.78, 5) is 26.1. The Balaban J connectivity index is 1.38. The fourth-order valence-corrected chi connectivity index (χ4v) is 6.13. The van der Waals surface area contributed by atoms with Crippen LogP contribution in [0.1, 0.15) is 28.8 Å². The molecule has 1 heterocycles. The zero-order valence-corrected chi connectivity index (χ0v) is 23.2. The number of carbonyl (C=O) groups excluding carboxylic acids is 2. The number of benzene rings is 3. The molecule has 212 valence electrons. The summed E-state index contributed by atoms with van der Waals surface area (Å²) >= 11 is 0. The molecule has 3 aromatic rings. The molecule has 1 fully saturated rings. The number of anilines is 1. The number of methoxy groups -OCH3 is 2. The minimum atomic E-state index is -3.87. The van der Waals surface area contributed by atoms with E-state index < -0.39 is 21.8 Å². The molecule has 0 saturated carbocycles. The monoisotopic (exact) mass is 569 g/mol. The smallest absolute Gasteiger partial charge is 0.253 e. The third-order valence-corrected chi connectivity index (χ3v) is 8.66. The van der Waals surface area contributed by atoms with Crippen LogP contribution in [-0.4, -0.2) is 58.4 Å². The van der Waals surface area contributed by atoms with Crippen LogP contribution in [0.3, 0.4) is 0 Å². The summed E-state index contributed by atoms with van der Waals surface area (Å²) in [5.41, 5.74) is 1.60. The van der Waals surface area contributed by atoms with E-state index in [1.165, 1.54) is 16.4 Å². The highest BCUT2D eigenvalue weighted by Gasteiger charge is 2.33. The third-order valence-electron chi connectivity index (χ3n) is 6.78. The maximum atomic E-state index is 13.3. The van der Waals surface area contributed by atoms with E-state index in [0.717, 1.165) is 17.7 Å². The second kappa shape index (κ2) is 12.9. The third kappa shape index (κ3) is 6.78. The van der Waals surface area contributed by atoms with Crippen LogP contribution in [0.4, 0.5) is 10.1 Å². The molecule has 11 heteroatoms. The van der Waals surface area contributed by atoms with Crippen molar-refractivity contribution in [3.05, 3.63) is 83.7 Å². The summed E-state index contributed by atoms with van der Waals surface area (Å²) in [7, 11) is -0.751. The quantitative estimate of drug-likeness (QED) is 0.384. The Bertz CT molecular complexity index is 1460.